The molecule has 1 aliphatic rings. The van der Waals surface area contributed by atoms with Crippen LogP contribution in [0, 0.1) is 0 Å². The van der Waals surface area contributed by atoms with Crippen molar-refractivity contribution in [3.05, 3.63) is 29.8 Å². The van der Waals surface area contributed by atoms with Crippen LogP contribution in [0.3, 0.4) is 0 Å². The molecule has 12 heteroatoms. The number of thioether (sulfide) groups is 1. The van der Waals surface area contributed by atoms with Gasteiger partial charge in [0.05, 0.1) is 11.3 Å². The largest absolute Gasteiger partial charge is 0.416 e. The maximum absolute atomic E-state index is 12.7. The molecule has 150 valence electrons. The van der Waals surface area contributed by atoms with Crippen LogP contribution in [0.15, 0.2) is 34.5 Å². The number of rotatable bonds is 6. The van der Waals surface area contributed by atoms with Crippen LogP contribution in [0.25, 0.3) is 0 Å². The topological polar surface area (TPSA) is 110 Å². The average Bonchev–Trinajstić information content (AvgIpc) is 3.28. The van der Waals surface area contributed by atoms with Gasteiger partial charge in [0.1, 0.15) is 0 Å². The summed E-state index contributed by atoms with van der Waals surface area (Å²) < 4.78 is 39.3. The number of alkyl halides is 3. The van der Waals surface area contributed by atoms with E-state index in [1.54, 1.807) is 0 Å². The molecule has 1 aliphatic carbocycles. The first-order chi connectivity index (χ1) is 13.3. The summed E-state index contributed by atoms with van der Waals surface area (Å²) in [7, 11) is 0. The summed E-state index contributed by atoms with van der Waals surface area (Å²) >= 11 is 1.00. The Morgan fingerprint density at radius 3 is 2.75 bits per heavy atom. The zero-order chi connectivity index (χ0) is 20.1. The van der Waals surface area contributed by atoms with Crippen molar-refractivity contribution in [1.82, 2.24) is 14.9 Å². The minimum Gasteiger partial charge on any atom is -0.334 e. The van der Waals surface area contributed by atoms with Crippen molar-refractivity contribution in [2.75, 3.05) is 22.3 Å². The number of hydrazone groups is 1. The molecule has 0 radical (unpaired) electrons. The number of anilines is 2. The van der Waals surface area contributed by atoms with Crippen molar-refractivity contribution in [1.29, 1.82) is 0 Å². The Kier molecular flexibility index (Phi) is 6.07. The molecule has 0 bridgehead atoms. The molecule has 1 heterocycles. The summed E-state index contributed by atoms with van der Waals surface area (Å²) in [6.07, 6.45) is -0.390. The molecule has 3 rings (SSSR count). The molecule has 1 saturated carbocycles. The van der Waals surface area contributed by atoms with E-state index in [1.807, 2.05) is 0 Å². The molecule has 8 nitrogen and oxygen atoms in total. The zero-order valence-corrected chi connectivity index (χ0v) is 15.5. The van der Waals surface area contributed by atoms with Crippen molar-refractivity contribution >= 4 is 35.0 Å². The standard InChI is InChI=1S/C16H18F3N7OS/c17-16(18,19)10-4-3-7-12(8-10)21-13(27)9-28-15-25-24-14(26(15)20)23-22-11-5-1-2-6-11/h3-4,7-8H,1-2,5-6,9,20H2,(H,21,27)(H,23,24). The highest BCUT2D eigenvalue weighted by molar-refractivity contribution is 7.99. The summed E-state index contributed by atoms with van der Waals surface area (Å²) in [5.74, 6) is 5.52. The number of benzene rings is 1. The molecule has 4 N–H and O–H groups in total. The van der Waals surface area contributed by atoms with E-state index in [2.05, 4.69) is 26.0 Å². The number of carbonyl (C=O) groups is 1. The number of nitrogens with one attached hydrogen (secondary N) is 2. The molecule has 28 heavy (non-hydrogen) atoms. The van der Waals surface area contributed by atoms with Crippen LogP contribution in [-0.4, -0.2) is 32.2 Å². The van der Waals surface area contributed by atoms with Gasteiger partial charge in [-0.15, -0.1) is 10.2 Å². The monoisotopic (exact) mass is 413 g/mol. The second kappa shape index (κ2) is 8.50. The van der Waals surface area contributed by atoms with Crippen molar-refractivity contribution in [2.45, 2.75) is 37.0 Å². The fourth-order valence-corrected chi connectivity index (χ4v) is 3.23. The van der Waals surface area contributed by atoms with E-state index >= 15 is 0 Å². The third kappa shape index (κ3) is 5.15. The van der Waals surface area contributed by atoms with Crippen LogP contribution in [-0.2, 0) is 11.0 Å². The Morgan fingerprint density at radius 1 is 1.29 bits per heavy atom. The Labute approximate surface area is 162 Å². The zero-order valence-electron chi connectivity index (χ0n) is 14.7. The molecule has 1 fully saturated rings. The van der Waals surface area contributed by atoms with Gasteiger partial charge in [0.15, 0.2) is 0 Å². The van der Waals surface area contributed by atoms with E-state index in [0.29, 0.717) is 0 Å². The van der Waals surface area contributed by atoms with Crippen molar-refractivity contribution < 1.29 is 18.0 Å². The highest BCUT2D eigenvalue weighted by Crippen LogP contribution is 2.30. The molecule has 1 aromatic carbocycles. The fraction of sp³-hybridized carbons (Fsp3) is 0.375. The van der Waals surface area contributed by atoms with E-state index < -0.39 is 17.6 Å². The molecule has 0 atom stereocenters. The molecular formula is C16H18F3N7OS. The maximum Gasteiger partial charge on any atom is 0.416 e. The van der Waals surface area contributed by atoms with Crippen LogP contribution >= 0.6 is 11.8 Å². The first-order valence-electron chi connectivity index (χ1n) is 8.45. The molecule has 0 spiro atoms. The molecule has 0 saturated heterocycles. The first kappa shape index (κ1) is 20.0. The molecule has 2 aromatic rings. The summed E-state index contributed by atoms with van der Waals surface area (Å²) in [5.41, 5.74) is 3.02. The van der Waals surface area contributed by atoms with Gasteiger partial charge in [-0.25, -0.2) is 10.1 Å². The smallest absolute Gasteiger partial charge is 0.334 e. The third-order valence-electron chi connectivity index (χ3n) is 3.97. The SMILES string of the molecule is Nn1c(NN=C2CCCC2)nnc1SCC(=O)Nc1cccc(C(F)(F)F)c1. The summed E-state index contributed by atoms with van der Waals surface area (Å²) in [5, 5.41) is 14.7. The number of nitrogens with two attached hydrogens (primary N) is 1. The number of hydrogen-bond acceptors (Lipinski definition) is 7. The van der Waals surface area contributed by atoms with Crippen molar-refractivity contribution in [3.63, 3.8) is 0 Å². The summed E-state index contributed by atoms with van der Waals surface area (Å²) in [6, 6.07) is 4.42. The Bertz CT molecular complexity index is 873. The van der Waals surface area contributed by atoms with Gasteiger partial charge >= 0.3 is 6.18 Å². The van der Waals surface area contributed by atoms with Gasteiger partial charge in [0.25, 0.3) is 5.95 Å². The quantitative estimate of drug-likeness (QED) is 0.381. The van der Waals surface area contributed by atoms with E-state index in [1.165, 1.54) is 16.8 Å². The van der Waals surface area contributed by atoms with Crippen LogP contribution < -0.4 is 16.6 Å². The van der Waals surface area contributed by atoms with E-state index in [9.17, 15) is 18.0 Å². The predicted octanol–water partition coefficient (Wildman–Crippen LogP) is 3.08. The average molecular weight is 413 g/mol. The molecule has 1 amide bonds. The third-order valence-corrected chi connectivity index (χ3v) is 4.91. The lowest BCUT2D eigenvalue weighted by Crippen LogP contribution is -2.17. The number of amides is 1. The van der Waals surface area contributed by atoms with Crippen LogP contribution in [0.2, 0.25) is 0 Å². The Hall–Kier alpha value is -2.76. The van der Waals surface area contributed by atoms with Gasteiger partial charge < -0.3 is 11.2 Å². The van der Waals surface area contributed by atoms with Gasteiger partial charge in [0.2, 0.25) is 11.1 Å². The number of nitrogen functional groups attached to an aromatic ring is 1. The second-order valence-electron chi connectivity index (χ2n) is 6.09. The first-order valence-corrected chi connectivity index (χ1v) is 9.43. The van der Waals surface area contributed by atoms with E-state index in [0.717, 1.165) is 55.3 Å². The van der Waals surface area contributed by atoms with Gasteiger partial charge in [-0.2, -0.15) is 18.3 Å². The molecule has 0 aliphatic heterocycles. The van der Waals surface area contributed by atoms with Crippen LogP contribution in [0.1, 0.15) is 31.2 Å². The van der Waals surface area contributed by atoms with Gasteiger partial charge in [0, 0.05) is 11.4 Å². The molecule has 0 unspecified atom stereocenters. The van der Waals surface area contributed by atoms with Crippen LogP contribution in [0.4, 0.5) is 24.8 Å². The lowest BCUT2D eigenvalue weighted by atomic mass is 10.2. The lowest BCUT2D eigenvalue weighted by Gasteiger charge is -2.09. The predicted molar refractivity (Wildman–Crippen MR) is 100 cm³/mol. The second-order valence-corrected chi connectivity index (χ2v) is 7.03. The minimum atomic E-state index is -4.48. The molecule has 1 aromatic heterocycles. The van der Waals surface area contributed by atoms with Gasteiger partial charge in [-0.05, 0) is 43.9 Å². The Morgan fingerprint density at radius 2 is 2.04 bits per heavy atom. The van der Waals surface area contributed by atoms with E-state index in [4.69, 9.17) is 5.84 Å². The number of nitrogens with zero attached hydrogens (tertiary/aromatic N) is 4. The summed E-state index contributed by atoms with van der Waals surface area (Å²) in [6.45, 7) is 0. The number of aromatic nitrogens is 3. The van der Waals surface area contributed by atoms with Crippen molar-refractivity contribution in [2.24, 2.45) is 5.10 Å². The number of halogens is 3. The van der Waals surface area contributed by atoms with Crippen molar-refractivity contribution in [3.8, 4) is 0 Å². The maximum atomic E-state index is 12.7. The summed E-state index contributed by atoms with van der Waals surface area (Å²) in [4.78, 5) is 12.0. The van der Waals surface area contributed by atoms with Gasteiger partial charge in [-0.3, -0.25) is 4.79 Å². The highest BCUT2D eigenvalue weighted by atomic mass is 32.2. The Balaban J connectivity index is 1.54. The normalized spacial score (nSPS) is 14.2. The fourth-order valence-electron chi connectivity index (χ4n) is 2.58. The number of hydrogen-bond donors (Lipinski definition) is 3. The van der Waals surface area contributed by atoms with Crippen LogP contribution in [0.5, 0.6) is 0 Å². The van der Waals surface area contributed by atoms with E-state index in [-0.39, 0.29) is 22.5 Å². The number of carbonyl (C=O) groups excluding carboxylic acids is 1. The molecular weight excluding hydrogens is 395 g/mol. The highest BCUT2D eigenvalue weighted by Gasteiger charge is 2.30. The lowest BCUT2D eigenvalue weighted by molar-refractivity contribution is -0.137. The minimum absolute atomic E-state index is 0.0596. The van der Waals surface area contributed by atoms with Gasteiger partial charge in [-0.1, -0.05) is 17.8 Å².